The first-order chi connectivity index (χ1) is 14.8. The molecule has 0 heterocycles. The molecule has 0 saturated heterocycles. The number of nitrogens with two attached hydrogens (primary N) is 1. The van der Waals surface area contributed by atoms with Gasteiger partial charge in [0.05, 0.1) is 29.0 Å². The average Bonchev–Trinajstić information content (AvgIpc) is 2.73. The number of anilines is 1. The van der Waals surface area contributed by atoms with Gasteiger partial charge in [-0.25, -0.2) is 0 Å². The molecule has 0 aromatic heterocycles. The van der Waals surface area contributed by atoms with Crippen molar-refractivity contribution < 1.29 is 24.0 Å². The molecular weight excluding hydrogens is 424 g/mol. The number of carbonyl (C=O) groups excluding carboxylic acids is 3. The van der Waals surface area contributed by atoms with Crippen LogP contribution in [0.4, 0.5) is 11.4 Å². The van der Waals surface area contributed by atoms with E-state index in [2.05, 4.69) is 10.6 Å². The second-order valence-electron chi connectivity index (χ2n) is 6.32. The van der Waals surface area contributed by atoms with Crippen LogP contribution in [-0.4, -0.2) is 42.1 Å². The molecule has 10 nitrogen and oxygen atoms in total. The minimum absolute atomic E-state index is 0.0143. The van der Waals surface area contributed by atoms with Crippen LogP contribution in [0.2, 0.25) is 0 Å². The quantitative estimate of drug-likeness (QED) is 0.353. The van der Waals surface area contributed by atoms with Crippen LogP contribution < -0.4 is 21.1 Å². The van der Waals surface area contributed by atoms with Crippen LogP contribution in [0.25, 0.3) is 0 Å². The number of primary amides is 1. The molecule has 0 saturated carbocycles. The Labute approximate surface area is 182 Å². The van der Waals surface area contributed by atoms with E-state index in [9.17, 15) is 24.5 Å². The number of hydrogen-bond donors (Lipinski definition) is 3. The molecule has 164 valence electrons. The van der Waals surface area contributed by atoms with E-state index in [0.29, 0.717) is 17.0 Å². The van der Waals surface area contributed by atoms with Crippen molar-refractivity contribution in [2.45, 2.75) is 12.2 Å². The lowest BCUT2D eigenvalue weighted by atomic mass is 10.1. The number of nitro groups is 1. The van der Waals surface area contributed by atoms with Crippen molar-refractivity contribution in [3.8, 4) is 5.75 Å². The normalized spacial score (nSPS) is 10.2. The molecule has 0 aliphatic heterocycles. The molecule has 0 fully saturated rings. The van der Waals surface area contributed by atoms with E-state index < -0.39 is 16.7 Å². The highest BCUT2D eigenvalue weighted by Crippen LogP contribution is 2.29. The zero-order valence-corrected chi connectivity index (χ0v) is 17.6. The Kier molecular flexibility index (Phi) is 8.82. The third-order valence-electron chi connectivity index (χ3n) is 4.04. The van der Waals surface area contributed by atoms with Gasteiger partial charge >= 0.3 is 5.69 Å². The Morgan fingerprint density at radius 1 is 1.19 bits per heavy atom. The van der Waals surface area contributed by atoms with Gasteiger partial charge in [-0.1, -0.05) is 18.2 Å². The van der Waals surface area contributed by atoms with Crippen molar-refractivity contribution >= 4 is 40.9 Å². The number of amides is 3. The van der Waals surface area contributed by atoms with Crippen molar-refractivity contribution in [3.63, 3.8) is 0 Å². The number of ether oxygens (including phenoxy) is 1. The summed E-state index contributed by atoms with van der Waals surface area (Å²) >= 11 is 1.27. The Bertz CT molecular complexity index is 982. The predicted octanol–water partition coefficient (Wildman–Crippen LogP) is 2.08. The second-order valence-corrected chi connectivity index (χ2v) is 7.31. The van der Waals surface area contributed by atoms with Gasteiger partial charge in [0, 0.05) is 24.8 Å². The maximum absolute atomic E-state index is 12.3. The summed E-state index contributed by atoms with van der Waals surface area (Å²) in [4.78, 5) is 46.0. The van der Waals surface area contributed by atoms with E-state index in [-0.39, 0.29) is 41.6 Å². The van der Waals surface area contributed by atoms with Gasteiger partial charge in [-0.2, -0.15) is 0 Å². The third-order valence-corrected chi connectivity index (χ3v) is 5.05. The lowest BCUT2D eigenvalue weighted by Gasteiger charge is -2.11. The Hall–Kier alpha value is -3.60. The van der Waals surface area contributed by atoms with Gasteiger partial charge in [0.25, 0.3) is 5.91 Å². The van der Waals surface area contributed by atoms with Crippen molar-refractivity contribution in [1.82, 2.24) is 5.32 Å². The van der Waals surface area contributed by atoms with Gasteiger partial charge in [-0.3, -0.25) is 24.5 Å². The smallest absolute Gasteiger partial charge is 0.311 e. The highest BCUT2D eigenvalue weighted by Gasteiger charge is 2.16. The summed E-state index contributed by atoms with van der Waals surface area (Å²) in [5, 5.41) is 16.4. The molecule has 0 bridgehead atoms. The van der Waals surface area contributed by atoms with E-state index in [0.717, 1.165) is 0 Å². The van der Waals surface area contributed by atoms with Crippen LogP contribution in [0, 0.1) is 10.1 Å². The number of nitro benzene ring substituents is 1. The molecule has 31 heavy (non-hydrogen) atoms. The number of benzene rings is 2. The third kappa shape index (κ3) is 7.30. The van der Waals surface area contributed by atoms with Crippen molar-refractivity contribution in [3.05, 3.63) is 63.7 Å². The molecule has 11 heteroatoms. The van der Waals surface area contributed by atoms with E-state index in [1.165, 1.54) is 31.0 Å². The first kappa shape index (κ1) is 23.7. The van der Waals surface area contributed by atoms with Crippen molar-refractivity contribution in [2.75, 3.05) is 24.7 Å². The van der Waals surface area contributed by atoms with Crippen LogP contribution in [0.15, 0.2) is 42.5 Å². The maximum Gasteiger partial charge on any atom is 0.311 e. The lowest BCUT2D eigenvalue weighted by molar-refractivity contribution is -0.385. The van der Waals surface area contributed by atoms with Crippen LogP contribution in [0.5, 0.6) is 5.75 Å². The largest absolute Gasteiger partial charge is 0.490 e. The summed E-state index contributed by atoms with van der Waals surface area (Å²) in [5.41, 5.74) is 6.19. The monoisotopic (exact) mass is 446 g/mol. The number of nitrogens with one attached hydrogen (secondary N) is 2. The molecule has 0 atom stereocenters. The summed E-state index contributed by atoms with van der Waals surface area (Å²) in [6, 6.07) is 11.1. The zero-order valence-electron chi connectivity index (χ0n) is 16.8. The van der Waals surface area contributed by atoms with Gasteiger partial charge in [0.15, 0.2) is 5.75 Å². The Balaban J connectivity index is 1.92. The summed E-state index contributed by atoms with van der Waals surface area (Å²) < 4.78 is 4.97. The summed E-state index contributed by atoms with van der Waals surface area (Å²) in [6.45, 7) is 0.0975. The van der Waals surface area contributed by atoms with E-state index >= 15 is 0 Å². The van der Waals surface area contributed by atoms with Crippen molar-refractivity contribution in [2.24, 2.45) is 5.73 Å². The molecule has 2 aromatic carbocycles. The minimum Gasteiger partial charge on any atom is -0.490 e. The number of carbonyl (C=O) groups is 3. The summed E-state index contributed by atoms with van der Waals surface area (Å²) in [7, 11) is 1.36. The average molecular weight is 446 g/mol. The molecule has 0 aliphatic carbocycles. The Morgan fingerprint density at radius 3 is 2.61 bits per heavy atom. The van der Waals surface area contributed by atoms with E-state index in [1.54, 1.807) is 30.3 Å². The predicted molar refractivity (Wildman–Crippen MR) is 117 cm³/mol. The fourth-order valence-electron chi connectivity index (χ4n) is 2.60. The highest BCUT2D eigenvalue weighted by molar-refractivity contribution is 7.99. The molecule has 0 unspecified atom stereocenters. The minimum atomic E-state index is -0.527. The van der Waals surface area contributed by atoms with E-state index in [1.807, 2.05) is 0 Å². The van der Waals surface area contributed by atoms with Crippen LogP contribution in [-0.2, 0) is 15.3 Å². The molecule has 0 aliphatic rings. The molecule has 2 rings (SSSR count). The number of hydrogen-bond acceptors (Lipinski definition) is 7. The fourth-order valence-corrected chi connectivity index (χ4v) is 3.38. The van der Waals surface area contributed by atoms with E-state index in [4.69, 9.17) is 10.5 Å². The topological polar surface area (TPSA) is 154 Å². The van der Waals surface area contributed by atoms with Gasteiger partial charge in [0.1, 0.15) is 0 Å². The summed E-state index contributed by atoms with van der Waals surface area (Å²) in [5.74, 6) is -0.658. The standard InChI is InChI=1S/C20H22N4O6S/c1-30-17-7-6-13(10-16(17)24(28)29)11-31-12-19(26)23-15-5-3-2-4-14(15)20(27)22-9-8-18(21)25/h2-7,10H,8-9,11-12H2,1H3,(H2,21,25)(H,22,27)(H,23,26). The molecular formula is C20H22N4O6S. The zero-order chi connectivity index (χ0) is 22.8. The molecule has 2 aromatic rings. The van der Waals surface area contributed by atoms with Crippen LogP contribution in [0.3, 0.4) is 0 Å². The van der Waals surface area contributed by atoms with Gasteiger partial charge < -0.3 is 21.1 Å². The van der Waals surface area contributed by atoms with Gasteiger partial charge in [-0.15, -0.1) is 11.8 Å². The maximum atomic E-state index is 12.3. The number of para-hydroxylation sites is 1. The SMILES string of the molecule is COc1ccc(CSCC(=O)Nc2ccccc2C(=O)NCCC(N)=O)cc1[N+](=O)[O-]. The summed E-state index contributed by atoms with van der Waals surface area (Å²) in [6.07, 6.45) is 0.0143. The molecule has 4 N–H and O–H groups in total. The van der Waals surface area contributed by atoms with Crippen molar-refractivity contribution in [1.29, 1.82) is 0 Å². The highest BCUT2D eigenvalue weighted by atomic mass is 32.2. The first-order valence-corrected chi connectivity index (χ1v) is 10.3. The fraction of sp³-hybridized carbons (Fsp3) is 0.250. The number of thioether (sulfide) groups is 1. The first-order valence-electron chi connectivity index (χ1n) is 9.16. The molecule has 3 amide bonds. The van der Waals surface area contributed by atoms with Gasteiger partial charge in [0.2, 0.25) is 11.8 Å². The van der Waals surface area contributed by atoms with Crippen LogP contribution in [0.1, 0.15) is 22.3 Å². The lowest BCUT2D eigenvalue weighted by Crippen LogP contribution is -2.29. The molecule has 0 spiro atoms. The van der Waals surface area contributed by atoms with Crippen LogP contribution >= 0.6 is 11.8 Å². The number of rotatable bonds is 11. The van der Waals surface area contributed by atoms with Gasteiger partial charge in [-0.05, 0) is 23.8 Å². The Morgan fingerprint density at radius 2 is 1.94 bits per heavy atom. The number of nitrogens with zero attached hydrogens (tertiary/aromatic N) is 1. The second kappa shape index (κ2) is 11.6. The number of methoxy groups -OCH3 is 1. The molecule has 0 radical (unpaired) electrons.